The summed E-state index contributed by atoms with van der Waals surface area (Å²) < 4.78 is 5.19. The molecular weight excluding hydrogens is 204 g/mol. The predicted molar refractivity (Wildman–Crippen MR) is 62.8 cm³/mol. The number of carbonyl (C=O) groups excluding carboxylic acids is 1. The van der Waals surface area contributed by atoms with Crippen molar-refractivity contribution >= 4 is 5.91 Å². The summed E-state index contributed by atoms with van der Waals surface area (Å²) in [6, 6.07) is 1.88. The van der Waals surface area contributed by atoms with Gasteiger partial charge in [-0.3, -0.25) is 4.79 Å². The Hall–Kier alpha value is -1.29. The first-order chi connectivity index (χ1) is 7.38. The molecule has 1 aromatic heterocycles. The highest BCUT2D eigenvalue weighted by molar-refractivity contribution is 5.81. The van der Waals surface area contributed by atoms with Crippen LogP contribution in [0.5, 0.6) is 0 Å². The molecule has 4 nitrogen and oxygen atoms in total. The van der Waals surface area contributed by atoms with E-state index >= 15 is 0 Å². The zero-order valence-electron chi connectivity index (χ0n) is 10.4. The average molecular weight is 224 g/mol. The summed E-state index contributed by atoms with van der Waals surface area (Å²) in [5.74, 6) is 0.904. The molecule has 1 heterocycles. The first-order valence-corrected chi connectivity index (χ1v) is 5.37. The van der Waals surface area contributed by atoms with Crippen LogP contribution in [0.4, 0.5) is 0 Å². The number of carbonyl (C=O) groups is 1. The van der Waals surface area contributed by atoms with Gasteiger partial charge in [-0.05, 0) is 26.8 Å². The lowest BCUT2D eigenvalue weighted by molar-refractivity contribution is -0.139. The second-order valence-electron chi connectivity index (χ2n) is 4.75. The molecule has 0 aromatic carbocycles. The van der Waals surface area contributed by atoms with Gasteiger partial charge in [-0.1, -0.05) is 0 Å². The molecule has 0 saturated heterocycles. The number of hydrogen-bond acceptors (Lipinski definition) is 3. The van der Waals surface area contributed by atoms with Crippen LogP contribution in [0.2, 0.25) is 0 Å². The number of nitrogens with two attached hydrogens (primary N) is 1. The zero-order valence-corrected chi connectivity index (χ0v) is 10.4. The number of hydrogen-bond donors (Lipinski definition) is 1. The molecule has 90 valence electrons. The highest BCUT2D eigenvalue weighted by Gasteiger charge is 2.29. The highest BCUT2D eigenvalue weighted by atomic mass is 16.3. The van der Waals surface area contributed by atoms with Crippen LogP contribution in [0.15, 0.2) is 16.7 Å². The van der Waals surface area contributed by atoms with E-state index in [-0.39, 0.29) is 5.91 Å². The third-order valence-electron chi connectivity index (χ3n) is 2.81. The van der Waals surface area contributed by atoms with Crippen LogP contribution in [0, 0.1) is 12.3 Å². The molecule has 2 N–H and O–H groups in total. The molecule has 0 fully saturated rings. The van der Waals surface area contributed by atoms with Crippen molar-refractivity contribution in [2.75, 3.05) is 13.6 Å². The van der Waals surface area contributed by atoms with Crippen molar-refractivity contribution in [1.82, 2.24) is 4.90 Å². The Kier molecular flexibility index (Phi) is 3.75. The molecule has 4 heteroatoms. The van der Waals surface area contributed by atoms with E-state index < -0.39 is 5.41 Å². The predicted octanol–water partition coefficient (Wildman–Crippen LogP) is 1.53. The number of amides is 1. The van der Waals surface area contributed by atoms with Crippen molar-refractivity contribution in [2.45, 2.75) is 27.3 Å². The normalized spacial score (nSPS) is 11.6. The minimum atomic E-state index is -0.508. The molecule has 16 heavy (non-hydrogen) atoms. The van der Waals surface area contributed by atoms with Crippen molar-refractivity contribution in [3.8, 4) is 0 Å². The lowest BCUT2D eigenvalue weighted by atomic mass is 9.92. The largest absolute Gasteiger partial charge is 0.469 e. The molecule has 0 spiro atoms. The van der Waals surface area contributed by atoms with Gasteiger partial charge in [-0.2, -0.15) is 0 Å². The Morgan fingerprint density at radius 3 is 2.62 bits per heavy atom. The molecule has 0 bridgehead atoms. The van der Waals surface area contributed by atoms with Gasteiger partial charge >= 0.3 is 0 Å². The van der Waals surface area contributed by atoms with E-state index in [2.05, 4.69) is 0 Å². The second-order valence-corrected chi connectivity index (χ2v) is 4.75. The summed E-state index contributed by atoms with van der Waals surface area (Å²) in [6.45, 7) is 6.51. The van der Waals surface area contributed by atoms with Gasteiger partial charge in [0, 0.05) is 25.7 Å². The van der Waals surface area contributed by atoms with Gasteiger partial charge in [0.2, 0.25) is 5.91 Å². The standard InChI is InChI=1S/C12H20N2O2/c1-9-10(5-6-16-9)7-14(4)11(15)12(2,3)8-13/h5-6H,7-8,13H2,1-4H3. The Bertz CT molecular complexity index is 369. The molecule has 1 aromatic rings. The Balaban J connectivity index is 2.70. The first-order valence-electron chi connectivity index (χ1n) is 5.37. The fourth-order valence-corrected chi connectivity index (χ4v) is 1.51. The Labute approximate surface area is 96.4 Å². The number of rotatable bonds is 4. The molecule has 1 rings (SSSR count). The maximum atomic E-state index is 12.0. The lowest BCUT2D eigenvalue weighted by Gasteiger charge is -2.28. The Morgan fingerprint density at radius 2 is 2.19 bits per heavy atom. The van der Waals surface area contributed by atoms with E-state index in [9.17, 15) is 4.79 Å². The van der Waals surface area contributed by atoms with E-state index in [0.717, 1.165) is 11.3 Å². The molecule has 0 aliphatic carbocycles. The maximum Gasteiger partial charge on any atom is 0.229 e. The van der Waals surface area contributed by atoms with Gasteiger partial charge in [0.15, 0.2) is 0 Å². The van der Waals surface area contributed by atoms with Gasteiger partial charge in [-0.25, -0.2) is 0 Å². The molecule has 0 unspecified atom stereocenters. The Morgan fingerprint density at radius 1 is 1.56 bits per heavy atom. The van der Waals surface area contributed by atoms with Crippen molar-refractivity contribution < 1.29 is 9.21 Å². The summed E-state index contributed by atoms with van der Waals surface area (Å²) in [5, 5.41) is 0. The number of furan rings is 1. The van der Waals surface area contributed by atoms with Crippen LogP contribution in [0.25, 0.3) is 0 Å². The quantitative estimate of drug-likeness (QED) is 0.843. The van der Waals surface area contributed by atoms with Crippen LogP contribution >= 0.6 is 0 Å². The molecule has 0 aliphatic rings. The van der Waals surface area contributed by atoms with Crippen molar-refractivity contribution in [1.29, 1.82) is 0 Å². The molecule has 0 aliphatic heterocycles. The summed E-state index contributed by atoms with van der Waals surface area (Å²) in [7, 11) is 1.78. The topological polar surface area (TPSA) is 59.5 Å². The maximum absolute atomic E-state index is 12.0. The summed E-state index contributed by atoms with van der Waals surface area (Å²) in [6.07, 6.45) is 1.64. The fourth-order valence-electron chi connectivity index (χ4n) is 1.51. The SMILES string of the molecule is Cc1occc1CN(C)C(=O)C(C)(C)CN. The van der Waals surface area contributed by atoms with Crippen LogP contribution in [-0.4, -0.2) is 24.4 Å². The molecule has 0 saturated carbocycles. The monoisotopic (exact) mass is 224 g/mol. The van der Waals surface area contributed by atoms with E-state index in [4.69, 9.17) is 10.2 Å². The smallest absolute Gasteiger partial charge is 0.229 e. The minimum absolute atomic E-state index is 0.0515. The van der Waals surface area contributed by atoms with E-state index in [1.54, 1.807) is 18.2 Å². The van der Waals surface area contributed by atoms with Crippen molar-refractivity contribution in [3.05, 3.63) is 23.7 Å². The van der Waals surface area contributed by atoms with Gasteiger partial charge in [0.05, 0.1) is 11.7 Å². The van der Waals surface area contributed by atoms with Gasteiger partial charge in [-0.15, -0.1) is 0 Å². The van der Waals surface area contributed by atoms with Crippen LogP contribution in [-0.2, 0) is 11.3 Å². The summed E-state index contributed by atoms with van der Waals surface area (Å²) >= 11 is 0. The van der Waals surface area contributed by atoms with Crippen LogP contribution < -0.4 is 5.73 Å². The summed E-state index contributed by atoms with van der Waals surface area (Å²) in [5.41, 5.74) is 6.11. The average Bonchev–Trinajstić information content (AvgIpc) is 2.63. The van der Waals surface area contributed by atoms with Crippen LogP contribution in [0.1, 0.15) is 25.2 Å². The molecular formula is C12H20N2O2. The zero-order chi connectivity index (χ0) is 12.3. The third-order valence-corrected chi connectivity index (χ3v) is 2.81. The first kappa shape index (κ1) is 12.8. The van der Waals surface area contributed by atoms with Crippen molar-refractivity contribution in [2.24, 2.45) is 11.1 Å². The van der Waals surface area contributed by atoms with E-state index in [1.165, 1.54) is 0 Å². The van der Waals surface area contributed by atoms with Gasteiger partial charge < -0.3 is 15.1 Å². The van der Waals surface area contributed by atoms with E-state index in [1.807, 2.05) is 26.8 Å². The fraction of sp³-hybridized carbons (Fsp3) is 0.583. The summed E-state index contributed by atoms with van der Waals surface area (Å²) in [4.78, 5) is 13.7. The van der Waals surface area contributed by atoms with Crippen molar-refractivity contribution in [3.63, 3.8) is 0 Å². The third kappa shape index (κ3) is 2.64. The molecule has 1 amide bonds. The van der Waals surface area contributed by atoms with Gasteiger partial charge in [0.25, 0.3) is 0 Å². The number of nitrogens with zero attached hydrogens (tertiary/aromatic N) is 1. The lowest BCUT2D eigenvalue weighted by Crippen LogP contribution is -2.42. The second kappa shape index (κ2) is 4.70. The highest BCUT2D eigenvalue weighted by Crippen LogP contribution is 2.19. The molecule has 0 radical (unpaired) electrons. The minimum Gasteiger partial charge on any atom is -0.469 e. The van der Waals surface area contributed by atoms with Gasteiger partial charge in [0.1, 0.15) is 5.76 Å². The molecule has 0 atom stereocenters. The van der Waals surface area contributed by atoms with E-state index in [0.29, 0.717) is 13.1 Å². The number of aryl methyl sites for hydroxylation is 1. The van der Waals surface area contributed by atoms with Crippen LogP contribution in [0.3, 0.4) is 0 Å².